The van der Waals surface area contributed by atoms with E-state index in [0.29, 0.717) is 5.89 Å². The minimum absolute atomic E-state index is 0.613. The quantitative estimate of drug-likeness (QED) is 0.197. The van der Waals surface area contributed by atoms with Crippen molar-refractivity contribution >= 4 is 55.6 Å². The van der Waals surface area contributed by atoms with Crippen LogP contribution in [0.3, 0.4) is 0 Å². The van der Waals surface area contributed by atoms with Crippen LogP contribution in [0.15, 0.2) is 141 Å². The molecule has 0 fully saturated rings. The molecular formula is C38H23N3OS2. The molecule has 0 aliphatic carbocycles. The van der Waals surface area contributed by atoms with Gasteiger partial charge in [0.1, 0.15) is 5.52 Å². The van der Waals surface area contributed by atoms with Gasteiger partial charge in [0, 0.05) is 33.8 Å². The first-order valence-corrected chi connectivity index (χ1v) is 16.2. The Morgan fingerprint density at radius 3 is 2.18 bits per heavy atom. The zero-order chi connectivity index (χ0) is 29.0. The number of fused-ring (bicyclic) bond motifs is 4. The third-order valence-electron chi connectivity index (χ3n) is 8.18. The highest BCUT2D eigenvalue weighted by Gasteiger charge is 2.17. The molecule has 0 unspecified atom stereocenters. The summed E-state index contributed by atoms with van der Waals surface area (Å²) in [6.45, 7) is 0. The number of nitrogens with zero attached hydrogens (tertiary/aromatic N) is 3. The molecule has 44 heavy (non-hydrogen) atoms. The van der Waals surface area contributed by atoms with Crippen LogP contribution in [0.2, 0.25) is 0 Å². The molecule has 0 saturated carbocycles. The molecule has 0 atom stereocenters. The molecule has 6 heteroatoms. The number of thiophene rings is 2. The van der Waals surface area contributed by atoms with Crippen molar-refractivity contribution in [3.8, 4) is 50.7 Å². The van der Waals surface area contributed by atoms with E-state index in [-0.39, 0.29) is 0 Å². The van der Waals surface area contributed by atoms with Gasteiger partial charge in [-0.15, -0.1) is 0 Å². The molecule has 4 aromatic carbocycles. The van der Waals surface area contributed by atoms with Gasteiger partial charge in [-0.2, -0.15) is 22.7 Å². The second kappa shape index (κ2) is 10.2. The molecule has 0 aliphatic rings. The van der Waals surface area contributed by atoms with E-state index in [4.69, 9.17) is 9.40 Å². The molecule has 9 aromatic rings. The maximum Gasteiger partial charge on any atom is 0.227 e. The first kappa shape index (κ1) is 25.2. The number of rotatable bonds is 5. The zero-order valence-corrected chi connectivity index (χ0v) is 25.0. The predicted octanol–water partition coefficient (Wildman–Crippen LogP) is 11.1. The minimum Gasteiger partial charge on any atom is -0.436 e. The van der Waals surface area contributed by atoms with E-state index in [2.05, 4.69) is 116 Å². The van der Waals surface area contributed by atoms with Gasteiger partial charge in [0.15, 0.2) is 5.58 Å². The Morgan fingerprint density at radius 1 is 0.568 bits per heavy atom. The lowest BCUT2D eigenvalue weighted by molar-refractivity contribution is 0.620. The molecule has 5 heterocycles. The number of hydrogen-bond acceptors (Lipinski definition) is 5. The topological polar surface area (TPSA) is 43.9 Å². The molecule has 0 N–H and O–H groups in total. The van der Waals surface area contributed by atoms with Gasteiger partial charge in [-0.05, 0) is 117 Å². The molecule has 0 spiro atoms. The fraction of sp³-hybridized carbons (Fsp3) is 0. The molecular weight excluding hydrogens is 579 g/mol. The molecule has 0 saturated heterocycles. The molecule has 0 aliphatic heterocycles. The molecule has 4 nitrogen and oxygen atoms in total. The van der Waals surface area contributed by atoms with E-state index in [1.807, 2.05) is 30.5 Å². The van der Waals surface area contributed by atoms with Crippen molar-refractivity contribution in [3.63, 3.8) is 0 Å². The average Bonchev–Trinajstić information content (AvgIpc) is 3.90. The van der Waals surface area contributed by atoms with Gasteiger partial charge in [0.05, 0.1) is 16.7 Å². The molecule has 0 amide bonds. The van der Waals surface area contributed by atoms with E-state index < -0.39 is 0 Å². The first-order valence-electron chi connectivity index (χ1n) is 14.3. The third-order valence-corrected chi connectivity index (χ3v) is 9.54. The van der Waals surface area contributed by atoms with Crippen LogP contribution in [-0.2, 0) is 0 Å². The van der Waals surface area contributed by atoms with Crippen molar-refractivity contribution in [1.29, 1.82) is 0 Å². The van der Waals surface area contributed by atoms with Crippen LogP contribution in [0.4, 0.5) is 0 Å². The zero-order valence-electron chi connectivity index (χ0n) is 23.3. The largest absolute Gasteiger partial charge is 0.436 e. The Bertz CT molecular complexity index is 2440. The van der Waals surface area contributed by atoms with Gasteiger partial charge < -0.3 is 8.98 Å². The van der Waals surface area contributed by atoms with E-state index >= 15 is 0 Å². The van der Waals surface area contributed by atoms with Crippen LogP contribution in [0.1, 0.15) is 0 Å². The number of pyridine rings is 1. The normalized spacial score (nSPS) is 11.6. The maximum atomic E-state index is 6.38. The second-order valence-corrected chi connectivity index (χ2v) is 12.4. The summed E-state index contributed by atoms with van der Waals surface area (Å²) in [5.74, 6) is 0.613. The van der Waals surface area contributed by atoms with Crippen LogP contribution < -0.4 is 0 Å². The lowest BCUT2D eigenvalue weighted by Crippen LogP contribution is -1.95. The molecule has 9 rings (SSSR count). The Hall–Kier alpha value is -5.30. The summed E-state index contributed by atoms with van der Waals surface area (Å²) in [6.07, 6.45) is 1.84. The average molecular weight is 602 g/mol. The van der Waals surface area contributed by atoms with Crippen molar-refractivity contribution in [2.24, 2.45) is 0 Å². The fourth-order valence-electron chi connectivity index (χ4n) is 6.03. The van der Waals surface area contributed by atoms with E-state index in [0.717, 1.165) is 50.2 Å². The number of aromatic nitrogens is 3. The number of hydrogen-bond donors (Lipinski definition) is 0. The molecule has 5 aromatic heterocycles. The number of benzene rings is 4. The van der Waals surface area contributed by atoms with Gasteiger partial charge in [-0.25, -0.2) is 4.98 Å². The Balaban J connectivity index is 1.25. The van der Waals surface area contributed by atoms with E-state index in [9.17, 15) is 0 Å². The fourth-order valence-corrected chi connectivity index (χ4v) is 7.36. The summed E-state index contributed by atoms with van der Waals surface area (Å²) >= 11 is 3.41. The van der Waals surface area contributed by atoms with Crippen molar-refractivity contribution in [2.75, 3.05) is 0 Å². The highest BCUT2D eigenvalue weighted by atomic mass is 32.1. The molecule has 0 bridgehead atoms. The standard InChI is InChI=1S/C38H23N3OS2/c1-2-15-39-33(6-1)26-4-3-5-30(18-26)41-35-12-9-24(28-13-16-43-22-28)19-32(35)31-10-7-27(20-36(31)41)38-40-34-11-8-25(21-37(34)42-38)29-14-17-44-23-29/h1-23H. The van der Waals surface area contributed by atoms with Gasteiger partial charge in [-0.1, -0.05) is 36.4 Å². The third kappa shape index (κ3) is 4.19. The number of oxazole rings is 1. The van der Waals surface area contributed by atoms with Gasteiger partial charge in [-0.3, -0.25) is 4.98 Å². The SMILES string of the molecule is c1ccc(-c2cccc(-n3c4ccc(-c5ccsc5)cc4c4ccc(-c5nc6ccc(-c7ccsc7)cc6o5)cc43)c2)nc1. The lowest BCUT2D eigenvalue weighted by Gasteiger charge is -2.10. The Morgan fingerprint density at radius 2 is 1.39 bits per heavy atom. The van der Waals surface area contributed by atoms with Crippen molar-refractivity contribution in [3.05, 3.63) is 137 Å². The molecule has 208 valence electrons. The van der Waals surface area contributed by atoms with Crippen LogP contribution >= 0.6 is 22.7 Å². The Labute approximate surface area is 261 Å². The smallest absolute Gasteiger partial charge is 0.227 e. The second-order valence-electron chi connectivity index (χ2n) is 10.8. The molecule has 0 radical (unpaired) electrons. The first-order chi connectivity index (χ1) is 21.8. The van der Waals surface area contributed by atoms with Gasteiger partial charge >= 0.3 is 0 Å². The summed E-state index contributed by atoms with van der Waals surface area (Å²) < 4.78 is 8.72. The van der Waals surface area contributed by atoms with E-state index in [1.165, 1.54) is 27.5 Å². The summed E-state index contributed by atoms with van der Waals surface area (Å²) in [7, 11) is 0. The summed E-state index contributed by atoms with van der Waals surface area (Å²) in [5, 5.41) is 11.0. The van der Waals surface area contributed by atoms with Crippen LogP contribution in [-0.4, -0.2) is 14.5 Å². The van der Waals surface area contributed by atoms with Crippen LogP contribution in [0, 0.1) is 0 Å². The Kier molecular flexibility index (Phi) is 5.82. The summed E-state index contributed by atoms with van der Waals surface area (Å²) in [4.78, 5) is 9.49. The van der Waals surface area contributed by atoms with Crippen LogP contribution in [0.25, 0.3) is 83.6 Å². The van der Waals surface area contributed by atoms with Gasteiger partial charge in [0.25, 0.3) is 0 Å². The summed E-state index contributed by atoms with van der Waals surface area (Å²) in [6, 6.07) is 38.4. The summed E-state index contributed by atoms with van der Waals surface area (Å²) in [5.41, 5.74) is 12.7. The van der Waals surface area contributed by atoms with Crippen molar-refractivity contribution < 1.29 is 4.42 Å². The minimum atomic E-state index is 0.613. The highest BCUT2D eigenvalue weighted by Crippen LogP contribution is 2.38. The highest BCUT2D eigenvalue weighted by molar-refractivity contribution is 7.08. The van der Waals surface area contributed by atoms with Crippen molar-refractivity contribution in [1.82, 2.24) is 14.5 Å². The monoisotopic (exact) mass is 601 g/mol. The maximum absolute atomic E-state index is 6.38. The predicted molar refractivity (Wildman–Crippen MR) is 184 cm³/mol. The van der Waals surface area contributed by atoms with Crippen LogP contribution in [0.5, 0.6) is 0 Å². The van der Waals surface area contributed by atoms with E-state index in [1.54, 1.807) is 22.7 Å². The lowest BCUT2D eigenvalue weighted by atomic mass is 10.0. The van der Waals surface area contributed by atoms with Crippen molar-refractivity contribution in [2.45, 2.75) is 0 Å². The van der Waals surface area contributed by atoms with Gasteiger partial charge in [0.2, 0.25) is 5.89 Å².